The van der Waals surface area contributed by atoms with E-state index in [9.17, 15) is 0 Å². The van der Waals surface area contributed by atoms with Crippen LogP contribution in [-0.2, 0) is 6.54 Å². The number of aryl methyl sites for hydroxylation is 3. The summed E-state index contributed by atoms with van der Waals surface area (Å²) >= 11 is 0. The predicted octanol–water partition coefficient (Wildman–Crippen LogP) is 4.53. The van der Waals surface area contributed by atoms with Crippen LogP contribution in [0.5, 0.6) is 0 Å². The lowest BCUT2D eigenvalue weighted by Crippen LogP contribution is -2.29. The number of benzene rings is 1. The van der Waals surface area contributed by atoms with Gasteiger partial charge in [-0.3, -0.25) is 0 Å². The van der Waals surface area contributed by atoms with E-state index in [1.807, 2.05) is 0 Å². The summed E-state index contributed by atoms with van der Waals surface area (Å²) in [4.78, 5) is 0. The molecule has 1 nitrogen and oxygen atoms in total. The van der Waals surface area contributed by atoms with E-state index in [2.05, 4.69) is 45.1 Å². The highest BCUT2D eigenvalue weighted by Crippen LogP contribution is 2.29. The molecule has 1 heteroatoms. The van der Waals surface area contributed by atoms with Gasteiger partial charge in [0.05, 0.1) is 0 Å². The molecule has 0 aromatic heterocycles. The number of hydrogen-bond donors (Lipinski definition) is 1. The molecule has 2 unspecified atom stereocenters. The Balaban J connectivity index is 1.87. The van der Waals surface area contributed by atoms with Gasteiger partial charge in [-0.2, -0.15) is 0 Å². The van der Waals surface area contributed by atoms with Crippen molar-refractivity contribution < 1.29 is 0 Å². The van der Waals surface area contributed by atoms with Crippen molar-refractivity contribution in [1.82, 2.24) is 5.32 Å². The molecule has 0 heterocycles. The zero-order valence-corrected chi connectivity index (χ0v) is 13.1. The molecule has 1 N–H and O–H groups in total. The maximum atomic E-state index is 3.69. The van der Waals surface area contributed by atoms with E-state index in [4.69, 9.17) is 0 Å². The molecule has 1 aromatic carbocycles. The van der Waals surface area contributed by atoms with Gasteiger partial charge in [0.25, 0.3) is 0 Å². The van der Waals surface area contributed by atoms with Crippen LogP contribution in [0.25, 0.3) is 0 Å². The lowest BCUT2D eigenvalue weighted by Gasteiger charge is -2.29. The van der Waals surface area contributed by atoms with Gasteiger partial charge in [-0.15, -0.1) is 0 Å². The van der Waals surface area contributed by atoms with Crippen LogP contribution in [0, 0.1) is 32.6 Å². The Labute approximate surface area is 118 Å². The van der Waals surface area contributed by atoms with Gasteiger partial charge in [0.15, 0.2) is 0 Å². The van der Waals surface area contributed by atoms with Crippen molar-refractivity contribution in [1.29, 1.82) is 0 Å². The van der Waals surface area contributed by atoms with Gasteiger partial charge < -0.3 is 5.32 Å². The molecule has 19 heavy (non-hydrogen) atoms. The van der Waals surface area contributed by atoms with Gasteiger partial charge in [-0.25, -0.2) is 0 Å². The average Bonchev–Trinajstić information content (AvgIpc) is 2.38. The number of nitrogens with one attached hydrogen (secondary N) is 1. The molecule has 0 saturated heterocycles. The molecular weight excluding hydrogens is 230 g/mol. The van der Waals surface area contributed by atoms with Crippen LogP contribution in [0.4, 0.5) is 0 Å². The normalized spacial score (nSPS) is 23.6. The first-order valence-corrected chi connectivity index (χ1v) is 7.85. The van der Waals surface area contributed by atoms with E-state index in [-0.39, 0.29) is 0 Å². The van der Waals surface area contributed by atoms with Crippen LogP contribution in [0.1, 0.15) is 54.9 Å². The van der Waals surface area contributed by atoms with Gasteiger partial charge >= 0.3 is 0 Å². The molecule has 2 atom stereocenters. The Hall–Kier alpha value is -0.820. The standard InChI is InChI=1S/C18H29N/c1-13-7-5-6-8-17(13)11-19-12-18-10-15(3)14(2)9-16(18)4/h9-10,13,17,19H,5-8,11-12H2,1-4H3. The van der Waals surface area contributed by atoms with Crippen molar-refractivity contribution in [3.8, 4) is 0 Å². The molecular formula is C18H29N. The summed E-state index contributed by atoms with van der Waals surface area (Å²) in [5, 5.41) is 3.69. The van der Waals surface area contributed by atoms with E-state index in [1.165, 1.54) is 54.5 Å². The third-order valence-electron chi connectivity index (χ3n) is 4.96. The summed E-state index contributed by atoms with van der Waals surface area (Å²) in [5.74, 6) is 1.79. The van der Waals surface area contributed by atoms with Gasteiger partial charge in [0.1, 0.15) is 0 Å². The zero-order valence-electron chi connectivity index (χ0n) is 13.1. The van der Waals surface area contributed by atoms with E-state index in [1.54, 1.807) is 0 Å². The van der Waals surface area contributed by atoms with Gasteiger partial charge in [0, 0.05) is 6.54 Å². The Bertz CT molecular complexity index is 422. The minimum Gasteiger partial charge on any atom is -0.312 e. The monoisotopic (exact) mass is 259 g/mol. The fourth-order valence-corrected chi connectivity index (χ4v) is 3.30. The quantitative estimate of drug-likeness (QED) is 0.838. The molecule has 0 spiro atoms. The van der Waals surface area contributed by atoms with Crippen LogP contribution >= 0.6 is 0 Å². The lowest BCUT2D eigenvalue weighted by atomic mass is 9.80. The van der Waals surface area contributed by atoms with Crippen molar-refractivity contribution in [3.63, 3.8) is 0 Å². The Morgan fingerprint density at radius 2 is 1.68 bits per heavy atom. The summed E-state index contributed by atoms with van der Waals surface area (Å²) in [6.07, 6.45) is 5.71. The minimum absolute atomic E-state index is 0.889. The molecule has 1 aliphatic carbocycles. The second kappa shape index (κ2) is 6.56. The largest absolute Gasteiger partial charge is 0.312 e. The smallest absolute Gasteiger partial charge is 0.0208 e. The summed E-state index contributed by atoms with van der Waals surface area (Å²) < 4.78 is 0. The first kappa shape index (κ1) is 14.6. The van der Waals surface area contributed by atoms with Gasteiger partial charge in [-0.1, -0.05) is 38.3 Å². The van der Waals surface area contributed by atoms with Crippen molar-refractivity contribution >= 4 is 0 Å². The van der Waals surface area contributed by atoms with Crippen molar-refractivity contribution in [3.05, 3.63) is 34.4 Å². The minimum atomic E-state index is 0.889. The first-order valence-electron chi connectivity index (χ1n) is 7.85. The highest BCUT2D eigenvalue weighted by molar-refractivity contribution is 5.36. The summed E-state index contributed by atoms with van der Waals surface area (Å²) in [7, 11) is 0. The molecule has 0 bridgehead atoms. The van der Waals surface area contributed by atoms with E-state index in [0.29, 0.717) is 0 Å². The fourth-order valence-electron chi connectivity index (χ4n) is 3.30. The number of rotatable bonds is 4. The Kier molecular flexibility index (Phi) is 5.04. The molecule has 1 aromatic rings. The molecule has 0 aliphatic heterocycles. The lowest BCUT2D eigenvalue weighted by molar-refractivity contribution is 0.247. The maximum Gasteiger partial charge on any atom is 0.0208 e. The van der Waals surface area contributed by atoms with Crippen LogP contribution in [0.15, 0.2) is 12.1 Å². The highest BCUT2D eigenvalue weighted by atomic mass is 14.9. The average molecular weight is 259 g/mol. The van der Waals surface area contributed by atoms with E-state index >= 15 is 0 Å². The topological polar surface area (TPSA) is 12.0 Å². The molecule has 2 rings (SSSR count). The SMILES string of the molecule is Cc1cc(C)c(CNCC2CCCCC2C)cc1C. The fraction of sp³-hybridized carbons (Fsp3) is 0.667. The van der Waals surface area contributed by atoms with Crippen molar-refractivity contribution in [2.45, 2.75) is 59.9 Å². The van der Waals surface area contributed by atoms with E-state index in [0.717, 1.165) is 18.4 Å². The third kappa shape index (κ3) is 3.82. The second-order valence-corrected chi connectivity index (χ2v) is 6.52. The molecule has 1 fully saturated rings. The van der Waals surface area contributed by atoms with Crippen LogP contribution in [0.3, 0.4) is 0 Å². The second-order valence-electron chi connectivity index (χ2n) is 6.52. The maximum absolute atomic E-state index is 3.69. The summed E-state index contributed by atoms with van der Waals surface area (Å²) in [6.45, 7) is 11.3. The van der Waals surface area contributed by atoms with Gasteiger partial charge in [-0.05, 0) is 67.8 Å². The van der Waals surface area contributed by atoms with Crippen molar-refractivity contribution in [2.24, 2.45) is 11.8 Å². The van der Waals surface area contributed by atoms with Crippen LogP contribution in [-0.4, -0.2) is 6.54 Å². The van der Waals surface area contributed by atoms with E-state index < -0.39 is 0 Å². The van der Waals surface area contributed by atoms with Crippen LogP contribution < -0.4 is 5.32 Å². The Morgan fingerprint density at radius 3 is 2.42 bits per heavy atom. The molecule has 0 amide bonds. The van der Waals surface area contributed by atoms with Gasteiger partial charge in [0.2, 0.25) is 0 Å². The molecule has 1 aliphatic rings. The highest BCUT2D eigenvalue weighted by Gasteiger charge is 2.20. The summed E-state index contributed by atoms with van der Waals surface area (Å²) in [5.41, 5.74) is 5.70. The predicted molar refractivity (Wildman–Crippen MR) is 83.5 cm³/mol. The molecule has 0 radical (unpaired) electrons. The first-order chi connectivity index (χ1) is 9.08. The van der Waals surface area contributed by atoms with Crippen LogP contribution in [0.2, 0.25) is 0 Å². The zero-order chi connectivity index (χ0) is 13.8. The third-order valence-corrected chi connectivity index (χ3v) is 4.96. The Morgan fingerprint density at radius 1 is 1.00 bits per heavy atom. The molecule has 1 saturated carbocycles. The summed E-state index contributed by atoms with van der Waals surface area (Å²) in [6, 6.07) is 4.66. The van der Waals surface area contributed by atoms with Crippen molar-refractivity contribution in [2.75, 3.05) is 6.54 Å². The molecule has 106 valence electrons. The number of hydrogen-bond acceptors (Lipinski definition) is 1.